The molecule has 0 aromatic rings. The molecule has 16 heavy (non-hydrogen) atoms. The highest BCUT2D eigenvalue weighted by atomic mass is 16.6. The molecule has 0 saturated heterocycles. The number of hydrogen-bond acceptors (Lipinski definition) is 5. The molecule has 0 saturated carbocycles. The highest BCUT2D eigenvalue weighted by molar-refractivity contribution is 5.80. The van der Waals surface area contributed by atoms with Gasteiger partial charge in [-0.05, 0) is 13.0 Å². The van der Waals surface area contributed by atoms with Gasteiger partial charge < -0.3 is 9.84 Å². The maximum atomic E-state index is 10.8. The first kappa shape index (κ1) is 12.1. The van der Waals surface area contributed by atoms with Crippen LogP contribution in [0.3, 0.4) is 0 Å². The number of nitrogens with zero attached hydrogens (tertiary/aromatic N) is 1. The van der Waals surface area contributed by atoms with Gasteiger partial charge in [-0.2, -0.15) is 0 Å². The molecule has 0 fully saturated rings. The van der Waals surface area contributed by atoms with Gasteiger partial charge in [-0.15, -0.1) is 0 Å². The minimum absolute atomic E-state index is 0.0516. The van der Waals surface area contributed by atoms with Crippen molar-refractivity contribution in [2.24, 2.45) is 0 Å². The van der Waals surface area contributed by atoms with Crippen LogP contribution in [0.2, 0.25) is 0 Å². The van der Waals surface area contributed by atoms with Crippen molar-refractivity contribution in [3.05, 3.63) is 45.4 Å². The van der Waals surface area contributed by atoms with Crippen molar-refractivity contribution in [1.29, 1.82) is 0 Å². The summed E-state index contributed by atoms with van der Waals surface area (Å²) < 4.78 is 4.85. The van der Waals surface area contributed by atoms with E-state index >= 15 is 0 Å². The van der Waals surface area contributed by atoms with Gasteiger partial charge in [0, 0.05) is 6.08 Å². The van der Waals surface area contributed by atoms with E-state index < -0.39 is 10.5 Å². The molecule has 0 bridgehead atoms. The van der Waals surface area contributed by atoms with Crippen molar-refractivity contribution >= 4 is 6.29 Å². The zero-order chi connectivity index (χ0) is 12.3. The second-order valence-electron chi connectivity index (χ2n) is 3.48. The number of nitro groups is 1. The molecule has 1 rings (SSSR count). The van der Waals surface area contributed by atoms with Gasteiger partial charge in [0.05, 0.1) is 23.7 Å². The highest BCUT2D eigenvalue weighted by Gasteiger charge is 2.26. The Morgan fingerprint density at radius 2 is 2.19 bits per heavy atom. The Bertz CT molecular complexity index is 417. The molecule has 0 spiro atoms. The van der Waals surface area contributed by atoms with Gasteiger partial charge in [-0.25, -0.2) is 0 Å². The molecule has 1 N–H and O–H groups in total. The summed E-state index contributed by atoms with van der Waals surface area (Å²) in [5.74, 6) is 0.0516. The Morgan fingerprint density at radius 3 is 2.62 bits per heavy atom. The summed E-state index contributed by atoms with van der Waals surface area (Å²) in [6.07, 6.45) is 3.82. The van der Waals surface area contributed by atoms with Crippen LogP contribution < -0.4 is 0 Å². The quantitative estimate of drug-likeness (QED) is 0.430. The molecule has 0 radical (unpaired) electrons. The van der Waals surface area contributed by atoms with E-state index in [4.69, 9.17) is 4.74 Å². The minimum atomic E-state index is -1.56. The van der Waals surface area contributed by atoms with Gasteiger partial charge in [0.2, 0.25) is 0 Å². The predicted molar refractivity (Wildman–Crippen MR) is 54.9 cm³/mol. The Hall–Kier alpha value is -1.95. The number of hydrogen-bond donors (Lipinski definition) is 1. The smallest absolute Gasteiger partial charge is 0.272 e. The van der Waals surface area contributed by atoms with Crippen LogP contribution in [0.4, 0.5) is 0 Å². The molecule has 1 atom stereocenters. The number of aliphatic hydroxyl groups is 1. The van der Waals surface area contributed by atoms with Gasteiger partial charge in [0.15, 0.2) is 6.29 Å². The minimum Gasteiger partial charge on any atom is -0.496 e. The molecule has 0 heterocycles. The van der Waals surface area contributed by atoms with Crippen LogP contribution >= 0.6 is 0 Å². The number of aldehydes is 1. The monoisotopic (exact) mass is 225 g/mol. The molecule has 86 valence electrons. The molecular weight excluding hydrogens is 214 g/mol. The van der Waals surface area contributed by atoms with Crippen molar-refractivity contribution in [3.63, 3.8) is 0 Å². The third-order valence-corrected chi connectivity index (χ3v) is 2.01. The fraction of sp³-hybridized carbons (Fsp3) is 0.300. The third-order valence-electron chi connectivity index (χ3n) is 2.01. The van der Waals surface area contributed by atoms with E-state index in [2.05, 4.69) is 0 Å². The maximum Gasteiger partial charge on any atom is 0.272 e. The number of allylic oxidation sites excluding steroid dienone is 2. The van der Waals surface area contributed by atoms with E-state index in [1.165, 1.54) is 20.1 Å². The summed E-state index contributed by atoms with van der Waals surface area (Å²) >= 11 is 0. The number of carbonyl (C=O) groups is 1. The zero-order valence-electron chi connectivity index (χ0n) is 8.84. The second kappa shape index (κ2) is 4.28. The van der Waals surface area contributed by atoms with Crippen LogP contribution in [0, 0.1) is 10.1 Å². The average molecular weight is 225 g/mol. The molecule has 0 amide bonds. The fourth-order valence-electron chi connectivity index (χ4n) is 1.36. The number of carbonyl (C=O) groups excluding carboxylic acids is 1. The lowest BCUT2D eigenvalue weighted by atomic mass is 10.0. The van der Waals surface area contributed by atoms with E-state index in [9.17, 15) is 20.0 Å². The number of rotatable bonds is 3. The molecular formula is C10H11NO5. The van der Waals surface area contributed by atoms with Crippen LogP contribution in [0.15, 0.2) is 35.3 Å². The van der Waals surface area contributed by atoms with Crippen LogP contribution in [0.1, 0.15) is 6.92 Å². The Labute approximate surface area is 91.7 Å². The van der Waals surface area contributed by atoms with E-state index in [0.29, 0.717) is 6.29 Å². The summed E-state index contributed by atoms with van der Waals surface area (Å²) in [6, 6.07) is 0. The summed E-state index contributed by atoms with van der Waals surface area (Å²) in [4.78, 5) is 20.8. The summed E-state index contributed by atoms with van der Waals surface area (Å²) in [5, 5.41) is 20.4. The highest BCUT2D eigenvalue weighted by Crippen LogP contribution is 2.23. The molecule has 0 aromatic carbocycles. The first-order valence-electron chi connectivity index (χ1n) is 4.43. The Kier molecular flexibility index (Phi) is 3.24. The zero-order valence-corrected chi connectivity index (χ0v) is 8.84. The first-order valence-corrected chi connectivity index (χ1v) is 4.43. The van der Waals surface area contributed by atoms with Gasteiger partial charge in [-0.3, -0.25) is 14.9 Å². The molecule has 0 aromatic heterocycles. The van der Waals surface area contributed by atoms with Gasteiger partial charge in [-0.1, -0.05) is 0 Å². The SMILES string of the molecule is COC1=CC([N+](=O)[O-])=CC(C)(O)C=C1C=O. The molecule has 6 nitrogen and oxygen atoms in total. The summed E-state index contributed by atoms with van der Waals surface area (Å²) in [7, 11) is 1.29. The maximum absolute atomic E-state index is 10.8. The Morgan fingerprint density at radius 1 is 1.56 bits per heavy atom. The van der Waals surface area contributed by atoms with Crippen molar-refractivity contribution in [2.45, 2.75) is 12.5 Å². The van der Waals surface area contributed by atoms with Gasteiger partial charge >= 0.3 is 0 Å². The molecule has 1 unspecified atom stereocenters. The first-order chi connectivity index (χ1) is 7.39. The van der Waals surface area contributed by atoms with E-state index in [0.717, 1.165) is 12.2 Å². The van der Waals surface area contributed by atoms with E-state index in [1.54, 1.807) is 0 Å². The molecule has 0 aliphatic heterocycles. The third kappa shape index (κ3) is 2.54. The normalized spacial score (nSPS) is 24.8. The second-order valence-corrected chi connectivity index (χ2v) is 3.48. The largest absolute Gasteiger partial charge is 0.496 e. The fourth-order valence-corrected chi connectivity index (χ4v) is 1.36. The van der Waals surface area contributed by atoms with Gasteiger partial charge in [0.1, 0.15) is 11.4 Å². The lowest BCUT2D eigenvalue weighted by Gasteiger charge is -2.12. The van der Waals surface area contributed by atoms with Crippen molar-refractivity contribution < 1.29 is 19.6 Å². The average Bonchev–Trinajstić information content (AvgIpc) is 2.33. The standard InChI is InChI=1S/C10H11NO5/c1-10(13)4-7(6-12)9(16-2)3-8(5-10)11(14)15/h3-6,13H,1-2H3. The Balaban J connectivity index is 3.34. The van der Waals surface area contributed by atoms with Crippen LogP contribution in [0.5, 0.6) is 0 Å². The van der Waals surface area contributed by atoms with Crippen molar-refractivity contribution in [3.8, 4) is 0 Å². The van der Waals surface area contributed by atoms with Crippen LogP contribution in [-0.2, 0) is 9.53 Å². The van der Waals surface area contributed by atoms with Crippen molar-refractivity contribution in [2.75, 3.05) is 7.11 Å². The van der Waals surface area contributed by atoms with Crippen LogP contribution in [0.25, 0.3) is 0 Å². The lowest BCUT2D eigenvalue weighted by Crippen LogP contribution is -2.19. The van der Waals surface area contributed by atoms with Crippen LogP contribution in [-0.4, -0.2) is 29.0 Å². The van der Waals surface area contributed by atoms with E-state index in [1.807, 2.05) is 0 Å². The lowest BCUT2D eigenvalue weighted by molar-refractivity contribution is -0.419. The predicted octanol–water partition coefficient (Wildman–Crippen LogP) is 0.567. The van der Waals surface area contributed by atoms with Crippen molar-refractivity contribution in [1.82, 2.24) is 0 Å². The summed E-state index contributed by atoms with van der Waals surface area (Å²) in [5.41, 5.74) is -1.81. The summed E-state index contributed by atoms with van der Waals surface area (Å²) in [6.45, 7) is 1.34. The van der Waals surface area contributed by atoms with Gasteiger partial charge in [0.25, 0.3) is 5.70 Å². The number of methoxy groups -OCH3 is 1. The van der Waals surface area contributed by atoms with E-state index in [-0.39, 0.29) is 17.0 Å². The molecule has 1 aliphatic rings. The topological polar surface area (TPSA) is 89.7 Å². The molecule has 6 heteroatoms. The molecule has 1 aliphatic carbocycles. The number of ether oxygens (including phenoxy) is 1.